The van der Waals surface area contributed by atoms with E-state index in [0.29, 0.717) is 40.2 Å². The van der Waals surface area contributed by atoms with Crippen LogP contribution in [-0.2, 0) is 6.42 Å². The van der Waals surface area contributed by atoms with Crippen molar-refractivity contribution in [3.63, 3.8) is 0 Å². The van der Waals surface area contributed by atoms with Crippen LogP contribution in [0.4, 0.5) is 0 Å². The van der Waals surface area contributed by atoms with Crippen molar-refractivity contribution in [3.8, 4) is 28.3 Å². The van der Waals surface area contributed by atoms with Gasteiger partial charge in [0, 0.05) is 29.6 Å². The van der Waals surface area contributed by atoms with E-state index in [9.17, 15) is 5.26 Å². The van der Waals surface area contributed by atoms with Gasteiger partial charge >= 0.3 is 0 Å². The Morgan fingerprint density at radius 2 is 1.87 bits per heavy atom. The number of methoxy groups -OCH3 is 2. The Morgan fingerprint density at radius 1 is 1.10 bits per heavy atom. The highest BCUT2D eigenvalue weighted by Crippen LogP contribution is 2.36. The third-order valence-electron chi connectivity index (χ3n) is 4.66. The summed E-state index contributed by atoms with van der Waals surface area (Å²) >= 11 is 7.55. The zero-order valence-electron chi connectivity index (χ0n) is 16.4. The largest absolute Gasteiger partial charge is 0.493 e. The molecule has 0 unspecified atom stereocenters. The number of thiophene rings is 1. The Kier molecular flexibility index (Phi) is 5.79. The normalized spacial score (nSPS) is 10.7. The highest BCUT2D eigenvalue weighted by Gasteiger charge is 2.16. The first-order valence-corrected chi connectivity index (χ1v) is 10.3. The van der Waals surface area contributed by atoms with Crippen LogP contribution in [0, 0.1) is 11.3 Å². The molecule has 0 fully saturated rings. The summed E-state index contributed by atoms with van der Waals surface area (Å²) in [5, 5.41) is 11.1. The van der Waals surface area contributed by atoms with Gasteiger partial charge in [-0.1, -0.05) is 29.8 Å². The van der Waals surface area contributed by atoms with E-state index in [2.05, 4.69) is 11.1 Å². The molecule has 30 heavy (non-hydrogen) atoms. The number of nitrogens with zero attached hydrogens (tertiary/aromatic N) is 3. The summed E-state index contributed by atoms with van der Waals surface area (Å²) in [7, 11) is 3.18. The van der Waals surface area contributed by atoms with Crippen molar-refractivity contribution < 1.29 is 14.2 Å². The average Bonchev–Trinajstić information content (AvgIpc) is 3.37. The number of aromatic nitrogens is 2. The van der Waals surface area contributed by atoms with Crippen LogP contribution >= 0.6 is 22.9 Å². The van der Waals surface area contributed by atoms with Crippen molar-refractivity contribution in [1.29, 1.82) is 5.26 Å². The fourth-order valence-electron chi connectivity index (χ4n) is 3.15. The van der Waals surface area contributed by atoms with Gasteiger partial charge < -0.3 is 14.2 Å². The quantitative estimate of drug-likeness (QED) is 0.393. The fourth-order valence-corrected chi connectivity index (χ4v) is 4.26. The molecule has 8 heteroatoms. The van der Waals surface area contributed by atoms with E-state index >= 15 is 0 Å². The second kappa shape index (κ2) is 8.66. The molecule has 6 nitrogen and oxygen atoms in total. The average molecular weight is 440 g/mol. The predicted molar refractivity (Wildman–Crippen MR) is 117 cm³/mol. The molecule has 152 valence electrons. The monoisotopic (exact) mass is 439 g/mol. The standard InChI is InChI=1S/C22H18ClN3O3S/c1-27-18-9-16-17(10-19(18)28-2)26(13-25-16)22-11-20(21(12-24)30-22)29-8-7-14-5-3-4-6-15(14)23/h3-6,9-11,13H,7-8H2,1-2H3. The number of hydrogen-bond acceptors (Lipinski definition) is 6. The van der Waals surface area contributed by atoms with Gasteiger partial charge in [0.05, 0.1) is 31.9 Å². The molecule has 0 aliphatic rings. The lowest BCUT2D eigenvalue weighted by Crippen LogP contribution is -2.02. The molecule has 2 aromatic carbocycles. The van der Waals surface area contributed by atoms with Crippen molar-refractivity contribution in [1.82, 2.24) is 9.55 Å². The number of halogens is 1. The molecule has 4 aromatic rings. The van der Waals surface area contributed by atoms with Crippen LogP contribution in [0.1, 0.15) is 10.4 Å². The number of nitriles is 1. The summed E-state index contributed by atoms with van der Waals surface area (Å²) < 4.78 is 18.6. The summed E-state index contributed by atoms with van der Waals surface area (Å²) in [5.74, 6) is 1.77. The number of rotatable bonds is 7. The summed E-state index contributed by atoms with van der Waals surface area (Å²) in [6, 6.07) is 15.4. The predicted octanol–water partition coefficient (Wildman–Crippen LogP) is 5.25. The number of imidazole rings is 1. The summed E-state index contributed by atoms with van der Waals surface area (Å²) in [4.78, 5) is 4.96. The smallest absolute Gasteiger partial charge is 0.163 e. The SMILES string of the molecule is COc1cc2ncn(-c3cc(OCCc4ccccc4Cl)c(C#N)s3)c2cc1OC. The molecule has 0 saturated carbocycles. The lowest BCUT2D eigenvalue weighted by atomic mass is 10.2. The fraction of sp³-hybridized carbons (Fsp3) is 0.182. The first-order chi connectivity index (χ1) is 14.6. The molecule has 0 amide bonds. The highest BCUT2D eigenvalue weighted by molar-refractivity contribution is 7.15. The van der Waals surface area contributed by atoms with Gasteiger partial charge in [-0.2, -0.15) is 5.26 Å². The topological polar surface area (TPSA) is 69.3 Å². The molecular weight excluding hydrogens is 422 g/mol. The lowest BCUT2D eigenvalue weighted by Gasteiger charge is -2.08. The maximum atomic E-state index is 9.55. The summed E-state index contributed by atoms with van der Waals surface area (Å²) in [6.45, 7) is 0.421. The number of ether oxygens (including phenoxy) is 3. The third kappa shape index (κ3) is 3.80. The van der Waals surface area contributed by atoms with Gasteiger partial charge in [-0.15, -0.1) is 11.3 Å². The van der Waals surface area contributed by atoms with E-state index in [1.165, 1.54) is 11.3 Å². The van der Waals surface area contributed by atoms with E-state index in [1.54, 1.807) is 20.5 Å². The minimum atomic E-state index is 0.421. The highest BCUT2D eigenvalue weighted by atomic mass is 35.5. The van der Waals surface area contributed by atoms with Crippen molar-refractivity contribution in [2.24, 2.45) is 0 Å². The lowest BCUT2D eigenvalue weighted by molar-refractivity contribution is 0.322. The first kappa shape index (κ1) is 20.1. The van der Waals surface area contributed by atoms with Crippen LogP contribution < -0.4 is 14.2 Å². The molecule has 2 heterocycles. The van der Waals surface area contributed by atoms with E-state index in [0.717, 1.165) is 21.6 Å². The van der Waals surface area contributed by atoms with E-state index in [-0.39, 0.29) is 0 Å². The number of fused-ring (bicyclic) bond motifs is 1. The molecule has 0 saturated heterocycles. The zero-order valence-corrected chi connectivity index (χ0v) is 18.0. The molecule has 0 aliphatic heterocycles. The van der Waals surface area contributed by atoms with Crippen molar-refractivity contribution in [2.45, 2.75) is 6.42 Å². The molecular formula is C22H18ClN3O3S. The van der Waals surface area contributed by atoms with E-state index in [4.69, 9.17) is 25.8 Å². The van der Waals surface area contributed by atoms with Gasteiger partial charge in [0.2, 0.25) is 0 Å². The first-order valence-electron chi connectivity index (χ1n) is 9.14. The number of benzene rings is 2. The molecule has 4 rings (SSSR count). The molecule has 0 atom stereocenters. The Hall–Kier alpha value is -3.21. The minimum absolute atomic E-state index is 0.421. The Bertz CT molecular complexity index is 1240. The second-order valence-electron chi connectivity index (χ2n) is 6.39. The summed E-state index contributed by atoms with van der Waals surface area (Å²) in [6.07, 6.45) is 2.37. The van der Waals surface area contributed by atoms with Crippen molar-refractivity contribution in [2.75, 3.05) is 20.8 Å². The molecule has 0 radical (unpaired) electrons. The molecule has 0 bridgehead atoms. The van der Waals surface area contributed by atoms with Crippen LogP contribution in [0.15, 0.2) is 48.8 Å². The van der Waals surface area contributed by atoms with E-state index < -0.39 is 0 Å². The van der Waals surface area contributed by atoms with Gasteiger partial charge in [0.1, 0.15) is 28.0 Å². The van der Waals surface area contributed by atoms with E-state index in [1.807, 2.05) is 47.0 Å². The van der Waals surface area contributed by atoms with Crippen molar-refractivity contribution >= 4 is 34.0 Å². The number of hydrogen-bond donors (Lipinski definition) is 0. The zero-order chi connectivity index (χ0) is 21.1. The van der Waals surface area contributed by atoms with Gasteiger partial charge in [-0.05, 0) is 11.6 Å². The molecule has 0 N–H and O–H groups in total. The Labute approximate surface area is 182 Å². The molecule has 0 aliphatic carbocycles. The molecule has 0 spiro atoms. The van der Waals surface area contributed by atoms with Crippen LogP contribution in [0.5, 0.6) is 17.2 Å². The van der Waals surface area contributed by atoms with Gasteiger partial charge in [-0.3, -0.25) is 4.57 Å². The maximum Gasteiger partial charge on any atom is 0.163 e. The van der Waals surface area contributed by atoms with Crippen LogP contribution in [0.3, 0.4) is 0 Å². The van der Waals surface area contributed by atoms with Gasteiger partial charge in [0.15, 0.2) is 11.5 Å². The minimum Gasteiger partial charge on any atom is -0.493 e. The Morgan fingerprint density at radius 3 is 2.60 bits per heavy atom. The van der Waals surface area contributed by atoms with Crippen LogP contribution in [0.25, 0.3) is 16.0 Å². The summed E-state index contributed by atoms with van der Waals surface area (Å²) in [5.41, 5.74) is 2.62. The maximum absolute atomic E-state index is 9.55. The van der Waals surface area contributed by atoms with Crippen LogP contribution in [0.2, 0.25) is 5.02 Å². The van der Waals surface area contributed by atoms with Crippen molar-refractivity contribution in [3.05, 3.63) is 64.3 Å². The van der Waals surface area contributed by atoms with Gasteiger partial charge in [-0.25, -0.2) is 4.98 Å². The molecule has 2 aromatic heterocycles. The second-order valence-corrected chi connectivity index (χ2v) is 7.83. The third-order valence-corrected chi connectivity index (χ3v) is 6.05. The van der Waals surface area contributed by atoms with Crippen LogP contribution in [-0.4, -0.2) is 30.4 Å². The van der Waals surface area contributed by atoms with Gasteiger partial charge in [0.25, 0.3) is 0 Å². The Balaban J connectivity index is 1.61.